The van der Waals surface area contributed by atoms with E-state index >= 15 is 0 Å². The molecule has 1 aromatic carbocycles. The summed E-state index contributed by atoms with van der Waals surface area (Å²) in [4.78, 5) is 34.7. The maximum atomic E-state index is 14.0. The van der Waals surface area contributed by atoms with Crippen molar-refractivity contribution in [3.05, 3.63) is 53.5 Å². The molecule has 1 fully saturated rings. The van der Waals surface area contributed by atoms with Crippen LogP contribution >= 0.6 is 0 Å². The minimum atomic E-state index is -0.321. The predicted molar refractivity (Wildman–Crippen MR) is 104 cm³/mol. The second kappa shape index (κ2) is 7.22. The number of Topliss-reactive ketones (excluding diaryl/α,β-unsaturated/α-hetero) is 1. The van der Waals surface area contributed by atoms with E-state index in [0.29, 0.717) is 24.4 Å². The lowest BCUT2D eigenvalue weighted by molar-refractivity contribution is -0.131. The zero-order chi connectivity index (χ0) is 19.8. The molecular formula is C21H23FN4O2. The maximum Gasteiger partial charge on any atom is 0.227 e. The van der Waals surface area contributed by atoms with Gasteiger partial charge in [0.1, 0.15) is 5.82 Å². The van der Waals surface area contributed by atoms with Gasteiger partial charge in [-0.1, -0.05) is 12.1 Å². The Morgan fingerprint density at radius 2 is 2.18 bits per heavy atom. The van der Waals surface area contributed by atoms with E-state index in [9.17, 15) is 14.0 Å². The number of aromatic nitrogens is 3. The minimum absolute atomic E-state index is 0.0182. The number of H-pyrrole nitrogens is 1. The monoisotopic (exact) mass is 382 g/mol. The van der Waals surface area contributed by atoms with E-state index in [0.717, 1.165) is 29.5 Å². The summed E-state index contributed by atoms with van der Waals surface area (Å²) in [7, 11) is 1.80. The molecule has 0 saturated carbocycles. The van der Waals surface area contributed by atoms with Gasteiger partial charge in [-0.2, -0.15) is 0 Å². The number of piperidine rings is 1. The quantitative estimate of drug-likeness (QED) is 0.705. The van der Waals surface area contributed by atoms with Crippen molar-refractivity contribution in [1.82, 2.24) is 19.4 Å². The molecule has 4 rings (SSSR count). The van der Waals surface area contributed by atoms with Gasteiger partial charge in [0.2, 0.25) is 11.7 Å². The van der Waals surface area contributed by atoms with Crippen LogP contribution in [0.25, 0.3) is 10.9 Å². The SMILES string of the molecule is Cc1[nH]c2c(F)cccc2c1CC(=O)N1CCC[C@H](C(=O)c2nccn2C)C1. The predicted octanol–water partition coefficient (Wildman–Crippen LogP) is 3.01. The number of hydrogen-bond donors (Lipinski definition) is 1. The number of imidazole rings is 1. The van der Waals surface area contributed by atoms with Gasteiger partial charge in [-0.3, -0.25) is 9.59 Å². The molecule has 2 aromatic heterocycles. The van der Waals surface area contributed by atoms with E-state index in [1.165, 1.54) is 6.07 Å². The van der Waals surface area contributed by atoms with Gasteiger partial charge in [-0.15, -0.1) is 0 Å². The molecule has 0 bridgehead atoms. The number of hydrogen-bond acceptors (Lipinski definition) is 3. The van der Waals surface area contributed by atoms with E-state index in [1.807, 2.05) is 13.0 Å². The van der Waals surface area contributed by atoms with Crippen LogP contribution in [-0.2, 0) is 18.3 Å². The van der Waals surface area contributed by atoms with Crippen LogP contribution in [0.1, 0.15) is 34.7 Å². The number of amides is 1. The first kappa shape index (κ1) is 18.4. The van der Waals surface area contributed by atoms with Crippen LogP contribution in [0.2, 0.25) is 0 Å². The molecule has 1 amide bonds. The van der Waals surface area contributed by atoms with Crippen LogP contribution in [0.4, 0.5) is 4.39 Å². The lowest BCUT2D eigenvalue weighted by Crippen LogP contribution is -2.43. The fourth-order valence-corrected chi connectivity index (χ4v) is 4.06. The molecule has 1 saturated heterocycles. The van der Waals surface area contributed by atoms with Crippen LogP contribution in [0, 0.1) is 18.7 Å². The molecule has 1 atom stereocenters. The average Bonchev–Trinajstić information content (AvgIpc) is 3.26. The van der Waals surface area contributed by atoms with Crippen molar-refractivity contribution < 1.29 is 14.0 Å². The second-order valence-corrected chi connectivity index (χ2v) is 7.47. The molecule has 28 heavy (non-hydrogen) atoms. The van der Waals surface area contributed by atoms with Crippen LogP contribution < -0.4 is 0 Å². The van der Waals surface area contributed by atoms with Crippen molar-refractivity contribution in [1.29, 1.82) is 0 Å². The molecule has 0 spiro atoms. The number of benzene rings is 1. The summed E-state index contributed by atoms with van der Waals surface area (Å²) in [5, 5.41) is 0.739. The fraction of sp³-hybridized carbons (Fsp3) is 0.381. The number of ketones is 1. The van der Waals surface area contributed by atoms with Gasteiger partial charge in [0.05, 0.1) is 11.9 Å². The van der Waals surface area contributed by atoms with Gasteiger partial charge in [-0.05, 0) is 31.4 Å². The largest absolute Gasteiger partial charge is 0.356 e. The third kappa shape index (κ3) is 3.21. The van der Waals surface area contributed by atoms with Crippen molar-refractivity contribution in [3.63, 3.8) is 0 Å². The first-order valence-electron chi connectivity index (χ1n) is 9.50. The molecule has 6 nitrogen and oxygen atoms in total. The summed E-state index contributed by atoms with van der Waals surface area (Å²) in [6.07, 6.45) is 5.09. The third-order valence-corrected chi connectivity index (χ3v) is 5.62. The molecule has 3 heterocycles. The molecule has 0 radical (unpaired) electrons. The van der Waals surface area contributed by atoms with Crippen LogP contribution in [0.5, 0.6) is 0 Å². The highest BCUT2D eigenvalue weighted by atomic mass is 19.1. The lowest BCUT2D eigenvalue weighted by atomic mass is 9.92. The number of halogens is 1. The summed E-state index contributed by atoms with van der Waals surface area (Å²) in [6, 6.07) is 4.89. The molecule has 1 aliphatic rings. The normalized spacial score (nSPS) is 17.2. The number of carbonyl (C=O) groups excluding carboxylic acids is 2. The molecule has 0 unspecified atom stereocenters. The summed E-state index contributed by atoms with van der Waals surface area (Å²) in [6.45, 7) is 2.89. The number of nitrogens with one attached hydrogen (secondary N) is 1. The van der Waals surface area contributed by atoms with E-state index in [2.05, 4.69) is 9.97 Å². The summed E-state index contributed by atoms with van der Waals surface area (Å²) in [5.74, 6) is -0.179. The smallest absolute Gasteiger partial charge is 0.227 e. The number of nitrogens with zero attached hydrogens (tertiary/aromatic N) is 3. The molecule has 0 aliphatic carbocycles. The highest BCUT2D eigenvalue weighted by molar-refractivity contribution is 5.95. The zero-order valence-electron chi connectivity index (χ0n) is 16.0. The van der Waals surface area contributed by atoms with E-state index in [-0.39, 0.29) is 29.8 Å². The number of fused-ring (bicyclic) bond motifs is 1. The van der Waals surface area contributed by atoms with Crippen molar-refractivity contribution in [2.24, 2.45) is 13.0 Å². The van der Waals surface area contributed by atoms with Gasteiger partial charge in [0, 0.05) is 49.5 Å². The minimum Gasteiger partial charge on any atom is -0.356 e. The van der Waals surface area contributed by atoms with Crippen molar-refractivity contribution in [2.45, 2.75) is 26.2 Å². The first-order chi connectivity index (χ1) is 13.5. The van der Waals surface area contributed by atoms with Crippen molar-refractivity contribution in [2.75, 3.05) is 13.1 Å². The van der Waals surface area contributed by atoms with Gasteiger partial charge in [0.25, 0.3) is 0 Å². The van der Waals surface area contributed by atoms with Crippen LogP contribution in [0.15, 0.2) is 30.6 Å². The number of rotatable bonds is 4. The number of carbonyl (C=O) groups is 2. The van der Waals surface area contributed by atoms with Crippen LogP contribution in [0.3, 0.4) is 0 Å². The number of aromatic amines is 1. The standard InChI is InChI=1S/C21H23FN4O2/c1-13-16(15-6-3-7-17(22)19(15)24-13)11-18(27)26-9-4-5-14(12-26)20(28)21-23-8-10-25(21)2/h3,6-8,10,14,24H,4-5,9,11-12H2,1-2H3/t14-/m0/s1. The topological polar surface area (TPSA) is 71.0 Å². The highest BCUT2D eigenvalue weighted by Crippen LogP contribution is 2.26. The molecule has 1 N–H and O–H groups in total. The lowest BCUT2D eigenvalue weighted by Gasteiger charge is -2.32. The number of para-hydroxylation sites is 1. The summed E-state index contributed by atoms with van der Waals surface area (Å²) in [5.41, 5.74) is 2.05. The average molecular weight is 382 g/mol. The summed E-state index contributed by atoms with van der Waals surface area (Å²) >= 11 is 0. The van der Waals surface area contributed by atoms with Crippen molar-refractivity contribution >= 4 is 22.6 Å². The zero-order valence-corrected chi connectivity index (χ0v) is 16.0. The van der Waals surface area contributed by atoms with Gasteiger partial charge in [0.15, 0.2) is 5.82 Å². The van der Waals surface area contributed by atoms with Crippen molar-refractivity contribution in [3.8, 4) is 0 Å². The Bertz CT molecular complexity index is 1050. The van der Waals surface area contributed by atoms with E-state index in [4.69, 9.17) is 0 Å². The molecule has 1 aliphatic heterocycles. The maximum absolute atomic E-state index is 14.0. The Morgan fingerprint density at radius 3 is 2.93 bits per heavy atom. The number of aryl methyl sites for hydroxylation is 2. The Kier molecular flexibility index (Phi) is 4.75. The van der Waals surface area contributed by atoms with E-state index < -0.39 is 0 Å². The van der Waals surface area contributed by atoms with Gasteiger partial charge < -0.3 is 14.5 Å². The Balaban J connectivity index is 1.51. The molecule has 7 heteroatoms. The Labute approximate surface area is 162 Å². The number of likely N-dealkylation sites (tertiary alicyclic amines) is 1. The van der Waals surface area contributed by atoms with E-state index in [1.54, 1.807) is 35.0 Å². The highest BCUT2D eigenvalue weighted by Gasteiger charge is 2.31. The molecular weight excluding hydrogens is 359 g/mol. The molecule has 3 aromatic rings. The third-order valence-electron chi connectivity index (χ3n) is 5.62. The molecule has 146 valence electrons. The van der Waals surface area contributed by atoms with Gasteiger partial charge >= 0.3 is 0 Å². The second-order valence-electron chi connectivity index (χ2n) is 7.47. The first-order valence-corrected chi connectivity index (χ1v) is 9.50. The van der Waals surface area contributed by atoms with Gasteiger partial charge in [-0.25, -0.2) is 9.37 Å². The Hall–Kier alpha value is -2.96. The van der Waals surface area contributed by atoms with Crippen LogP contribution in [-0.4, -0.2) is 44.2 Å². The fourth-order valence-electron chi connectivity index (χ4n) is 4.06. The summed E-state index contributed by atoms with van der Waals surface area (Å²) < 4.78 is 15.7. The Morgan fingerprint density at radius 1 is 1.36 bits per heavy atom.